The van der Waals surface area contributed by atoms with Gasteiger partial charge in [0.25, 0.3) is 0 Å². The molecule has 10 saturated heterocycles. The van der Waals surface area contributed by atoms with E-state index >= 15 is 0 Å². The zero-order chi connectivity index (χ0) is 23.5. The van der Waals surface area contributed by atoms with Crippen LogP contribution in [0.3, 0.4) is 0 Å². The van der Waals surface area contributed by atoms with Gasteiger partial charge in [0, 0.05) is 0 Å². The van der Waals surface area contributed by atoms with Crippen molar-refractivity contribution >= 4 is 61.9 Å². The molecule has 0 radical (unpaired) electrons. The standard InChI is InChI=1S/2C17H14P.2ClH.Fe/c2*1-3-9-15(10-4-1)18(17-13-7-8-14-17)16-11-5-2-6-12-16;;;/h2*1-14H;2*1H;. The van der Waals surface area contributed by atoms with Crippen molar-refractivity contribution in [3.8, 4) is 0 Å². The van der Waals surface area contributed by atoms with E-state index in [1.807, 2.05) is 0 Å². The van der Waals surface area contributed by atoms with Crippen LogP contribution in [0, 0.1) is 0 Å². The Bertz CT molecular complexity index is 1920. The molecule has 1 spiro atoms. The first-order chi connectivity index (χ1) is 18.1. The van der Waals surface area contributed by atoms with Gasteiger partial charge in [0.05, 0.1) is 0 Å². The van der Waals surface area contributed by atoms with Crippen LogP contribution in [-0.2, 0) is 6.51 Å². The molecule has 0 aliphatic carbocycles. The van der Waals surface area contributed by atoms with E-state index in [0.717, 1.165) is 8.11 Å². The van der Waals surface area contributed by atoms with Crippen molar-refractivity contribution < 1.29 is 6.51 Å². The molecule has 0 nitrogen and oxygen atoms in total. The van der Waals surface area contributed by atoms with Crippen molar-refractivity contribution in [1.29, 1.82) is 0 Å². The molecule has 0 bridgehead atoms. The van der Waals surface area contributed by atoms with Crippen LogP contribution in [0.5, 0.6) is 0 Å². The number of hydrogen-bond acceptors (Lipinski definition) is 0. The Morgan fingerprint density at radius 2 is 0.615 bits per heavy atom. The van der Waals surface area contributed by atoms with Gasteiger partial charge in [0.1, 0.15) is 0 Å². The second-order valence-electron chi connectivity index (χ2n) is 15.7. The van der Waals surface area contributed by atoms with Crippen LogP contribution in [0.2, 0.25) is 38.5 Å². The van der Waals surface area contributed by atoms with E-state index in [1.54, 1.807) is 21.2 Å². The van der Waals surface area contributed by atoms with Crippen LogP contribution in [0.4, 0.5) is 0 Å². The summed E-state index contributed by atoms with van der Waals surface area (Å²) in [5, 5.41) is 6.87. The molecule has 39 heavy (non-hydrogen) atoms. The summed E-state index contributed by atoms with van der Waals surface area (Å²) < 4.78 is 1.60. The summed E-state index contributed by atoms with van der Waals surface area (Å²) in [6.45, 7) is -3.82. The van der Waals surface area contributed by atoms with Crippen molar-refractivity contribution in [1.82, 2.24) is 0 Å². The zero-order valence-corrected chi connectivity index (χ0v) is 25.8. The molecular formula is C34H30Cl2FeP2. The predicted molar refractivity (Wildman–Crippen MR) is 168 cm³/mol. The second kappa shape index (κ2) is 3.41. The molecule has 0 amide bonds. The minimum absolute atomic E-state index is 0. The van der Waals surface area contributed by atoms with Gasteiger partial charge >= 0.3 is 212 Å². The third-order valence-corrected chi connectivity index (χ3v) is 76.1. The molecule has 4 aromatic rings. The third kappa shape index (κ3) is 0.551. The molecule has 8 unspecified atom stereocenters. The molecule has 4 aromatic carbocycles. The first-order valence-electron chi connectivity index (χ1n) is 14.1. The first kappa shape index (κ1) is 21.5. The molecule has 0 aromatic heterocycles. The Kier molecular flexibility index (Phi) is 1.88. The minimum atomic E-state index is -3.82. The van der Waals surface area contributed by atoms with Crippen LogP contribution in [0.15, 0.2) is 121 Å². The van der Waals surface area contributed by atoms with E-state index in [1.165, 1.54) is 38.5 Å². The Morgan fingerprint density at radius 3 is 0.821 bits per heavy atom. The Balaban J connectivity index is 0.000000962. The average molecular weight is 627 g/mol. The predicted octanol–water partition coefficient (Wildman–Crippen LogP) is 8.30. The van der Waals surface area contributed by atoms with Crippen molar-refractivity contribution in [2.24, 2.45) is 0 Å². The van der Waals surface area contributed by atoms with E-state index in [9.17, 15) is 0 Å². The molecule has 10 aliphatic rings. The summed E-state index contributed by atoms with van der Waals surface area (Å²) in [5.41, 5.74) is 0. The van der Waals surface area contributed by atoms with E-state index in [4.69, 9.17) is 0 Å². The molecule has 10 heterocycles. The Hall–Kier alpha value is -1.16. The van der Waals surface area contributed by atoms with Gasteiger partial charge in [-0.05, 0) is 0 Å². The van der Waals surface area contributed by atoms with Crippen LogP contribution >= 0.6 is 40.7 Å². The summed E-state index contributed by atoms with van der Waals surface area (Å²) >= 11 is 0. The van der Waals surface area contributed by atoms with Crippen molar-refractivity contribution in [2.45, 2.75) is 46.6 Å². The Morgan fingerprint density at radius 1 is 0.385 bits per heavy atom. The SMILES string of the molecule is Cl.Cl.c1ccc(P(c2ccccc2)[C]23[CH]4[CH]5[CH]6[CH]2[Fe]56432789[CH]3[CH]2[CH]7[C]8(P(c2ccccc2)c2ccccc2)[CH]39)cc1. The third-order valence-electron chi connectivity index (χ3n) is 19.4. The quantitative estimate of drug-likeness (QED) is 0.149. The van der Waals surface area contributed by atoms with Gasteiger partial charge in [0.15, 0.2) is 0 Å². The van der Waals surface area contributed by atoms with Gasteiger partial charge in [-0.25, -0.2) is 0 Å². The normalized spacial score (nSPS) is 59.8. The van der Waals surface area contributed by atoms with E-state index in [2.05, 4.69) is 121 Å². The van der Waals surface area contributed by atoms with Gasteiger partial charge in [-0.3, -0.25) is 0 Å². The number of fused-ring (bicyclic) bond motifs is 10. The first-order valence-corrected chi connectivity index (χ1v) is 23.0. The van der Waals surface area contributed by atoms with Crippen molar-refractivity contribution in [3.63, 3.8) is 0 Å². The second-order valence-corrected chi connectivity index (χ2v) is 44.6. The average Bonchev–Trinajstić information content (AvgIpc) is 3.92. The van der Waals surface area contributed by atoms with Gasteiger partial charge in [-0.2, -0.15) is 0 Å². The maximum atomic E-state index is 2.54. The maximum absolute atomic E-state index is 3.82. The molecule has 0 N–H and O–H groups in total. The monoisotopic (exact) mass is 626 g/mol. The molecular weight excluding hydrogens is 597 g/mol. The van der Waals surface area contributed by atoms with Crippen molar-refractivity contribution in [2.75, 3.05) is 0 Å². The number of hydrogen-bond donors (Lipinski definition) is 0. The van der Waals surface area contributed by atoms with Crippen LogP contribution in [-0.4, -0.2) is 8.11 Å². The fourth-order valence-corrected chi connectivity index (χ4v) is 126. The van der Waals surface area contributed by atoms with Gasteiger partial charge in [0.2, 0.25) is 0 Å². The van der Waals surface area contributed by atoms with Crippen LogP contribution in [0.25, 0.3) is 0 Å². The topological polar surface area (TPSA) is 0 Å². The van der Waals surface area contributed by atoms with E-state index < -0.39 is 6.51 Å². The summed E-state index contributed by atoms with van der Waals surface area (Å²) in [7, 11) is -0.505. The van der Waals surface area contributed by atoms with Crippen LogP contribution < -0.4 is 21.2 Å². The molecule has 10 aliphatic heterocycles. The zero-order valence-electron chi connectivity index (χ0n) is 21.2. The van der Waals surface area contributed by atoms with Gasteiger partial charge in [-0.1, -0.05) is 0 Å². The summed E-state index contributed by atoms with van der Waals surface area (Å²) in [6, 6.07) is 48.0. The molecule has 10 fully saturated rings. The fourth-order valence-electron chi connectivity index (χ4n) is 20.9. The van der Waals surface area contributed by atoms with E-state index in [0.29, 0.717) is 0 Å². The van der Waals surface area contributed by atoms with Crippen LogP contribution in [0.1, 0.15) is 0 Å². The molecule has 198 valence electrons. The number of benzene rings is 4. The summed E-state index contributed by atoms with van der Waals surface area (Å²) in [5.74, 6) is 0. The van der Waals surface area contributed by atoms with Gasteiger partial charge in [-0.15, -0.1) is 24.8 Å². The summed E-state index contributed by atoms with van der Waals surface area (Å²) in [6.07, 6.45) is 0. The van der Waals surface area contributed by atoms with Crippen molar-refractivity contribution in [3.05, 3.63) is 121 Å². The number of rotatable bonds is 6. The molecule has 5 heteroatoms. The number of halogens is 2. The summed E-state index contributed by atoms with van der Waals surface area (Å²) in [4.78, 5) is 10.1. The Labute approximate surface area is 235 Å². The molecule has 8 atom stereocenters. The van der Waals surface area contributed by atoms with Gasteiger partial charge < -0.3 is 0 Å². The van der Waals surface area contributed by atoms with E-state index in [-0.39, 0.29) is 40.7 Å². The molecule has 0 saturated carbocycles. The fraction of sp³-hybridized carbons (Fsp3) is 0.294. The molecule has 14 rings (SSSR count).